The summed E-state index contributed by atoms with van der Waals surface area (Å²) < 4.78 is 6.19. The van der Waals surface area contributed by atoms with Crippen LogP contribution >= 0.6 is 0 Å². The SMILES string of the molecule is C1=Cc2c(oc3cccc(-c4ccc(-c5ccc(-c6nc(-c7ccccc7)nc(-c7ccccc7)n6)cc5)c5ccccc45)c23)NC1. The van der Waals surface area contributed by atoms with Gasteiger partial charge < -0.3 is 9.73 Å². The van der Waals surface area contributed by atoms with Crippen LogP contribution in [0.5, 0.6) is 0 Å². The van der Waals surface area contributed by atoms with Crippen LogP contribution in [-0.4, -0.2) is 21.5 Å². The van der Waals surface area contributed by atoms with Crippen LogP contribution in [0, 0.1) is 0 Å². The molecule has 3 heterocycles. The summed E-state index contributed by atoms with van der Waals surface area (Å²) in [4.78, 5) is 14.7. The van der Waals surface area contributed by atoms with E-state index in [1.807, 2.05) is 66.7 Å². The van der Waals surface area contributed by atoms with Gasteiger partial charge in [0.05, 0.1) is 0 Å². The fraction of sp³-hybridized carbons (Fsp3) is 0.0238. The van der Waals surface area contributed by atoms with Gasteiger partial charge in [-0.25, -0.2) is 15.0 Å². The van der Waals surface area contributed by atoms with Gasteiger partial charge in [-0.3, -0.25) is 0 Å². The summed E-state index contributed by atoms with van der Waals surface area (Å²) in [5.41, 5.74) is 9.48. The van der Waals surface area contributed by atoms with Crippen molar-refractivity contribution in [1.29, 1.82) is 0 Å². The second kappa shape index (κ2) is 11.2. The van der Waals surface area contributed by atoms with Crippen LogP contribution < -0.4 is 5.32 Å². The van der Waals surface area contributed by atoms with Gasteiger partial charge in [-0.1, -0.05) is 146 Å². The average molecular weight is 605 g/mol. The smallest absolute Gasteiger partial charge is 0.201 e. The highest BCUT2D eigenvalue weighted by Gasteiger charge is 2.20. The van der Waals surface area contributed by atoms with E-state index in [2.05, 4.69) is 90.3 Å². The molecule has 222 valence electrons. The zero-order chi connectivity index (χ0) is 31.2. The quantitative estimate of drug-likeness (QED) is 0.212. The van der Waals surface area contributed by atoms with Gasteiger partial charge in [-0.05, 0) is 39.1 Å². The summed E-state index contributed by atoms with van der Waals surface area (Å²) in [6.45, 7) is 0.772. The molecule has 0 atom stereocenters. The Hall–Kier alpha value is -6.33. The van der Waals surface area contributed by atoms with Crippen LogP contribution in [-0.2, 0) is 0 Å². The number of nitrogens with one attached hydrogen (secondary N) is 1. The van der Waals surface area contributed by atoms with Crippen molar-refractivity contribution < 1.29 is 4.42 Å². The third-order valence-electron chi connectivity index (χ3n) is 8.78. The molecule has 5 nitrogen and oxygen atoms in total. The molecule has 9 rings (SSSR count). The van der Waals surface area contributed by atoms with Gasteiger partial charge in [-0.2, -0.15) is 0 Å². The number of fused-ring (bicyclic) bond motifs is 4. The van der Waals surface area contributed by atoms with Crippen LogP contribution in [0.1, 0.15) is 5.56 Å². The first-order valence-electron chi connectivity index (χ1n) is 15.8. The van der Waals surface area contributed by atoms with E-state index < -0.39 is 0 Å². The molecule has 1 aliphatic heterocycles. The average Bonchev–Trinajstić information content (AvgIpc) is 3.54. The number of rotatable bonds is 5. The molecule has 2 aromatic heterocycles. The highest BCUT2D eigenvalue weighted by molar-refractivity contribution is 6.11. The van der Waals surface area contributed by atoms with Crippen molar-refractivity contribution in [2.24, 2.45) is 0 Å². The third kappa shape index (κ3) is 4.77. The fourth-order valence-corrected chi connectivity index (χ4v) is 6.54. The van der Waals surface area contributed by atoms with Gasteiger partial charge in [0.2, 0.25) is 5.88 Å². The van der Waals surface area contributed by atoms with Crippen molar-refractivity contribution in [3.05, 3.63) is 151 Å². The molecule has 0 bridgehead atoms. The van der Waals surface area contributed by atoms with E-state index in [0.717, 1.165) is 56.8 Å². The normalized spacial score (nSPS) is 12.3. The first kappa shape index (κ1) is 27.0. The number of nitrogens with zero attached hydrogens (tertiary/aromatic N) is 3. The fourth-order valence-electron chi connectivity index (χ4n) is 6.54. The lowest BCUT2D eigenvalue weighted by Gasteiger charge is -2.14. The Bertz CT molecular complexity index is 2390. The predicted octanol–water partition coefficient (Wildman–Crippen LogP) is 10.5. The highest BCUT2D eigenvalue weighted by Crippen LogP contribution is 2.43. The van der Waals surface area contributed by atoms with Gasteiger partial charge in [0.15, 0.2) is 17.5 Å². The summed E-state index contributed by atoms with van der Waals surface area (Å²) in [5.74, 6) is 2.78. The Balaban J connectivity index is 1.14. The predicted molar refractivity (Wildman–Crippen MR) is 192 cm³/mol. The zero-order valence-corrected chi connectivity index (χ0v) is 25.4. The molecule has 0 saturated heterocycles. The number of benzene rings is 6. The summed E-state index contributed by atoms with van der Waals surface area (Å²) in [6.07, 6.45) is 4.30. The van der Waals surface area contributed by atoms with E-state index in [4.69, 9.17) is 19.4 Å². The van der Waals surface area contributed by atoms with E-state index in [-0.39, 0.29) is 0 Å². The zero-order valence-electron chi connectivity index (χ0n) is 25.4. The number of hydrogen-bond acceptors (Lipinski definition) is 5. The lowest BCUT2D eigenvalue weighted by atomic mass is 9.90. The molecule has 0 radical (unpaired) electrons. The van der Waals surface area contributed by atoms with Crippen molar-refractivity contribution >= 4 is 33.7 Å². The molecule has 0 aliphatic carbocycles. The van der Waals surface area contributed by atoms with Crippen molar-refractivity contribution in [3.63, 3.8) is 0 Å². The maximum Gasteiger partial charge on any atom is 0.201 e. The standard InChI is InChI=1S/C42H28N4O/c1-3-11-28(12-4-1)39-44-40(29-13-5-2-6-14-29)46-41(45-39)30-22-20-27(21-23-30)31-24-25-34(33-16-8-7-15-32(31)33)35-17-9-19-37-38(35)36-18-10-26-43-42(36)47-37/h1-25,43H,26H2. The van der Waals surface area contributed by atoms with E-state index in [1.165, 1.54) is 21.9 Å². The molecule has 1 N–H and O–H groups in total. The third-order valence-corrected chi connectivity index (χ3v) is 8.78. The number of hydrogen-bond donors (Lipinski definition) is 1. The van der Waals surface area contributed by atoms with Gasteiger partial charge >= 0.3 is 0 Å². The lowest BCUT2D eigenvalue weighted by molar-refractivity contribution is 0.628. The van der Waals surface area contributed by atoms with Crippen molar-refractivity contribution in [3.8, 4) is 56.4 Å². The maximum absolute atomic E-state index is 6.19. The first-order chi connectivity index (χ1) is 23.3. The van der Waals surface area contributed by atoms with E-state index in [9.17, 15) is 0 Å². The minimum atomic E-state index is 0.643. The minimum Gasteiger partial charge on any atom is -0.440 e. The Morgan fingerprint density at radius 3 is 1.68 bits per heavy atom. The first-order valence-corrected chi connectivity index (χ1v) is 15.8. The molecule has 1 aliphatic rings. The van der Waals surface area contributed by atoms with E-state index >= 15 is 0 Å². The van der Waals surface area contributed by atoms with Crippen molar-refractivity contribution in [2.45, 2.75) is 0 Å². The highest BCUT2D eigenvalue weighted by atomic mass is 16.3. The van der Waals surface area contributed by atoms with Crippen LogP contribution in [0.25, 0.3) is 84.2 Å². The molecular weight excluding hydrogens is 576 g/mol. The Labute approximate surface area is 271 Å². The summed E-state index contributed by atoms with van der Waals surface area (Å²) in [5, 5.41) is 6.90. The van der Waals surface area contributed by atoms with E-state index in [1.54, 1.807) is 0 Å². The monoisotopic (exact) mass is 604 g/mol. The molecule has 6 aromatic carbocycles. The molecule has 8 aromatic rings. The largest absolute Gasteiger partial charge is 0.440 e. The Morgan fingerprint density at radius 1 is 0.468 bits per heavy atom. The Morgan fingerprint density at radius 2 is 1.02 bits per heavy atom. The molecule has 0 spiro atoms. The lowest BCUT2D eigenvalue weighted by Crippen LogP contribution is -2.01. The molecule has 0 unspecified atom stereocenters. The van der Waals surface area contributed by atoms with Gasteiger partial charge in [0.25, 0.3) is 0 Å². The molecule has 47 heavy (non-hydrogen) atoms. The van der Waals surface area contributed by atoms with Crippen LogP contribution in [0.4, 0.5) is 5.88 Å². The molecule has 0 saturated carbocycles. The molecule has 5 heteroatoms. The number of furan rings is 1. The Kier molecular flexibility index (Phi) is 6.46. The van der Waals surface area contributed by atoms with Gasteiger partial charge in [0, 0.05) is 34.2 Å². The van der Waals surface area contributed by atoms with Crippen LogP contribution in [0.2, 0.25) is 0 Å². The number of aromatic nitrogens is 3. The summed E-state index contributed by atoms with van der Waals surface area (Å²) in [7, 11) is 0. The van der Waals surface area contributed by atoms with Gasteiger partial charge in [-0.15, -0.1) is 0 Å². The second-order valence-electron chi connectivity index (χ2n) is 11.6. The van der Waals surface area contributed by atoms with Crippen molar-refractivity contribution in [1.82, 2.24) is 15.0 Å². The van der Waals surface area contributed by atoms with Crippen molar-refractivity contribution in [2.75, 3.05) is 11.9 Å². The molecular formula is C42H28N4O. The van der Waals surface area contributed by atoms with Crippen LogP contribution in [0.15, 0.2) is 150 Å². The van der Waals surface area contributed by atoms with Crippen LogP contribution in [0.3, 0.4) is 0 Å². The summed E-state index contributed by atoms with van der Waals surface area (Å²) in [6, 6.07) is 48.1. The maximum atomic E-state index is 6.19. The second-order valence-corrected chi connectivity index (χ2v) is 11.6. The minimum absolute atomic E-state index is 0.643. The van der Waals surface area contributed by atoms with Gasteiger partial charge in [0.1, 0.15) is 5.58 Å². The molecule has 0 fully saturated rings. The molecule has 0 amide bonds. The van der Waals surface area contributed by atoms with E-state index in [0.29, 0.717) is 17.5 Å². The topological polar surface area (TPSA) is 63.8 Å². The number of anilines is 1. The summed E-state index contributed by atoms with van der Waals surface area (Å²) >= 11 is 0.